The highest BCUT2D eigenvalue weighted by molar-refractivity contribution is 6.14. The van der Waals surface area contributed by atoms with Gasteiger partial charge in [0.15, 0.2) is 5.41 Å². The molecule has 1 aliphatic heterocycles. The Hall–Kier alpha value is 0.0969. The van der Waals surface area contributed by atoms with Gasteiger partial charge in [0.1, 0.15) is 5.60 Å². The maximum Gasteiger partial charge on any atom is 0.169 e. The molecule has 0 aromatic rings. The van der Waals surface area contributed by atoms with Gasteiger partial charge in [-0.25, -0.2) is 0 Å². The maximum absolute atomic E-state index is 5.71. The second-order valence-corrected chi connectivity index (χ2v) is 5.86. The summed E-state index contributed by atoms with van der Waals surface area (Å²) in [5.74, 6) is 0.597. The van der Waals surface area contributed by atoms with E-state index in [2.05, 4.69) is 13.8 Å². The van der Waals surface area contributed by atoms with Crippen LogP contribution in [0.4, 0.5) is 0 Å². The van der Waals surface area contributed by atoms with Crippen LogP contribution in [-0.2, 0) is 14.2 Å². The van der Waals surface area contributed by atoms with Crippen LogP contribution in [0, 0.1) is 5.92 Å². The number of rotatable bonds is 4. The van der Waals surface area contributed by atoms with Crippen molar-refractivity contribution in [3.05, 3.63) is 0 Å². The fourth-order valence-corrected chi connectivity index (χ4v) is 3.19. The van der Waals surface area contributed by atoms with Crippen LogP contribution in [0.3, 0.4) is 0 Å². The van der Waals surface area contributed by atoms with Crippen molar-refractivity contribution in [1.82, 2.24) is 0 Å². The van der Waals surface area contributed by atoms with Crippen molar-refractivity contribution in [2.75, 3.05) is 20.8 Å². The third-order valence-electron chi connectivity index (χ3n) is 3.23. The highest BCUT2D eigenvalue weighted by Gasteiger charge is 2.54. The van der Waals surface area contributed by atoms with Crippen LogP contribution in [0.2, 0.25) is 0 Å². The lowest BCUT2D eigenvalue weighted by Crippen LogP contribution is -2.54. The van der Waals surface area contributed by atoms with E-state index in [9.17, 15) is 0 Å². The molecular formula is C10H22O3Si. The van der Waals surface area contributed by atoms with Crippen LogP contribution < -0.4 is 0 Å². The Bertz CT molecular complexity index is 198. The van der Waals surface area contributed by atoms with Crippen molar-refractivity contribution in [1.29, 1.82) is 0 Å². The lowest BCUT2D eigenvalue weighted by atomic mass is 9.89. The molecule has 84 valence electrons. The second-order valence-electron chi connectivity index (χ2n) is 4.54. The van der Waals surface area contributed by atoms with Crippen LogP contribution in [0.25, 0.3) is 0 Å². The molecule has 1 saturated heterocycles. The minimum Gasteiger partial charge on any atom is -0.373 e. The molecule has 2 unspecified atom stereocenters. The predicted molar refractivity (Wildman–Crippen MR) is 59.4 cm³/mol. The van der Waals surface area contributed by atoms with Gasteiger partial charge in [0.2, 0.25) is 0 Å². The van der Waals surface area contributed by atoms with Gasteiger partial charge >= 0.3 is 0 Å². The van der Waals surface area contributed by atoms with E-state index < -0.39 is 5.41 Å². The fourth-order valence-electron chi connectivity index (χ4n) is 2.33. The van der Waals surface area contributed by atoms with Gasteiger partial charge in [-0.1, -0.05) is 13.8 Å². The minimum absolute atomic E-state index is 0.220. The van der Waals surface area contributed by atoms with Gasteiger partial charge in [0.25, 0.3) is 0 Å². The van der Waals surface area contributed by atoms with E-state index in [0.717, 1.165) is 29.7 Å². The van der Waals surface area contributed by atoms with Crippen LogP contribution in [0.15, 0.2) is 0 Å². The molecule has 0 saturated carbocycles. The Balaban J connectivity index is 2.85. The van der Waals surface area contributed by atoms with Gasteiger partial charge in [0, 0.05) is 20.6 Å². The van der Waals surface area contributed by atoms with Crippen LogP contribution >= 0.6 is 0 Å². The number of methoxy groups -OCH3 is 2. The highest BCUT2D eigenvalue weighted by Crippen LogP contribution is 2.41. The van der Waals surface area contributed by atoms with Crippen LogP contribution in [0.5, 0.6) is 0 Å². The van der Waals surface area contributed by atoms with Gasteiger partial charge < -0.3 is 14.2 Å². The van der Waals surface area contributed by atoms with Crippen molar-refractivity contribution >= 4 is 10.2 Å². The highest BCUT2D eigenvalue weighted by atomic mass is 28.1. The van der Waals surface area contributed by atoms with Gasteiger partial charge in [-0.2, -0.15) is 0 Å². The molecule has 0 aliphatic carbocycles. The van der Waals surface area contributed by atoms with Gasteiger partial charge in [-0.3, -0.25) is 0 Å². The molecule has 1 aliphatic rings. The first-order chi connectivity index (χ1) is 6.49. The van der Waals surface area contributed by atoms with E-state index in [1.807, 2.05) is 0 Å². The molecule has 2 atom stereocenters. The normalized spacial score (nSPS) is 38.4. The van der Waals surface area contributed by atoms with Crippen LogP contribution in [0.1, 0.15) is 26.7 Å². The lowest BCUT2D eigenvalue weighted by molar-refractivity contribution is -0.226. The summed E-state index contributed by atoms with van der Waals surface area (Å²) in [7, 11) is 4.32. The van der Waals surface area contributed by atoms with E-state index >= 15 is 0 Å². The summed E-state index contributed by atoms with van der Waals surface area (Å²) in [6, 6.07) is 0. The van der Waals surface area contributed by atoms with E-state index in [1.54, 1.807) is 14.2 Å². The summed E-state index contributed by atoms with van der Waals surface area (Å²) in [6.45, 7) is 5.16. The Morgan fingerprint density at radius 3 is 2.43 bits per heavy atom. The number of hydrogen-bond acceptors (Lipinski definition) is 3. The Labute approximate surface area is 89.5 Å². The molecule has 1 fully saturated rings. The van der Waals surface area contributed by atoms with Crippen LogP contribution in [-0.4, -0.2) is 42.1 Å². The molecule has 0 N–H and O–H groups in total. The molecular weight excluding hydrogens is 196 g/mol. The first-order valence-corrected chi connectivity index (χ1v) is 6.24. The zero-order valence-electron chi connectivity index (χ0n) is 9.92. The molecule has 0 bridgehead atoms. The topological polar surface area (TPSA) is 27.7 Å². The Morgan fingerprint density at radius 2 is 2.00 bits per heavy atom. The summed E-state index contributed by atoms with van der Waals surface area (Å²) < 4.78 is 16.9. The molecule has 0 spiro atoms. The van der Waals surface area contributed by atoms with Gasteiger partial charge in [-0.05, 0) is 12.3 Å². The molecule has 0 aromatic heterocycles. The minimum atomic E-state index is -0.452. The zero-order chi connectivity index (χ0) is 10.8. The van der Waals surface area contributed by atoms with E-state index in [-0.39, 0.29) is 5.60 Å². The smallest absolute Gasteiger partial charge is 0.169 e. The Kier molecular flexibility index (Phi) is 3.74. The van der Waals surface area contributed by atoms with Crippen molar-refractivity contribution in [2.45, 2.75) is 37.7 Å². The molecule has 14 heavy (non-hydrogen) atoms. The van der Waals surface area contributed by atoms with E-state index in [1.165, 1.54) is 0 Å². The third-order valence-corrected chi connectivity index (χ3v) is 4.84. The standard InChI is InChI=1S/C10H22O3Si/c1-8(2)7-9(11-3)5-6-13-10(9,14)12-4/h8H,5-7H2,1-4,14H3. The maximum atomic E-state index is 5.71. The second kappa shape index (κ2) is 4.31. The average molecular weight is 218 g/mol. The molecule has 1 rings (SSSR count). The summed E-state index contributed by atoms with van der Waals surface area (Å²) in [4.78, 5) is 0. The fraction of sp³-hybridized carbons (Fsp3) is 1.00. The molecule has 1 heterocycles. The van der Waals surface area contributed by atoms with E-state index in [0.29, 0.717) is 5.92 Å². The lowest BCUT2D eigenvalue weighted by Gasteiger charge is -2.41. The molecule has 0 amide bonds. The monoisotopic (exact) mass is 218 g/mol. The first-order valence-electron chi connectivity index (χ1n) is 5.24. The molecule has 0 aromatic carbocycles. The number of ether oxygens (including phenoxy) is 3. The first kappa shape index (κ1) is 12.2. The summed E-state index contributed by atoms with van der Waals surface area (Å²) in [6.07, 6.45) is 1.94. The largest absolute Gasteiger partial charge is 0.373 e. The third kappa shape index (κ3) is 1.89. The number of hydrogen-bond donors (Lipinski definition) is 0. The van der Waals surface area contributed by atoms with Gasteiger partial charge in [-0.15, -0.1) is 0 Å². The quantitative estimate of drug-likeness (QED) is 0.643. The molecule has 4 heteroatoms. The molecule has 3 nitrogen and oxygen atoms in total. The SMILES string of the molecule is COC1(CC(C)C)CCOC1([SiH3])OC. The van der Waals surface area contributed by atoms with Crippen molar-refractivity contribution in [3.63, 3.8) is 0 Å². The van der Waals surface area contributed by atoms with Crippen molar-refractivity contribution < 1.29 is 14.2 Å². The van der Waals surface area contributed by atoms with E-state index in [4.69, 9.17) is 14.2 Å². The Morgan fingerprint density at radius 1 is 1.36 bits per heavy atom. The summed E-state index contributed by atoms with van der Waals surface area (Å²) in [5.41, 5.74) is -0.672. The predicted octanol–water partition coefficient (Wildman–Crippen LogP) is 0.504. The summed E-state index contributed by atoms with van der Waals surface area (Å²) >= 11 is 0. The average Bonchev–Trinajstić information content (AvgIpc) is 2.44. The zero-order valence-corrected chi connectivity index (χ0v) is 11.9. The summed E-state index contributed by atoms with van der Waals surface area (Å²) in [5, 5.41) is 0. The van der Waals surface area contributed by atoms with Crippen molar-refractivity contribution in [3.8, 4) is 0 Å². The van der Waals surface area contributed by atoms with Gasteiger partial charge in [0.05, 0.1) is 16.8 Å². The molecule has 0 radical (unpaired) electrons. The van der Waals surface area contributed by atoms with Crippen molar-refractivity contribution in [2.24, 2.45) is 5.92 Å².